The number of hydrogen-bond acceptors (Lipinski definition) is 4. The number of aliphatic hydroxyl groups excluding tert-OH is 1. The minimum Gasteiger partial charge on any atom is -0.480 e. The molecule has 0 radical (unpaired) electrons. The van der Waals surface area contributed by atoms with Gasteiger partial charge in [0.1, 0.15) is 6.04 Å². The lowest BCUT2D eigenvalue weighted by Crippen LogP contribution is -2.54. The fraction of sp³-hybridized carbons (Fsp3) is 0.900. The van der Waals surface area contributed by atoms with Gasteiger partial charge in [-0.15, -0.1) is 0 Å². The van der Waals surface area contributed by atoms with E-state index in [4.69, 9.17) is 10.2 Å². The molecule has 1 aliphatic heterocycles. The Morgan fingerprint density at radius 2 is 2.17 bits per heavy atom. The zero-order valence-electron chi connectivity index (χ0n) is 10.4. The Morgan fingerprint density at radius 3 is 2.67 bits per heavy atom. The van der Waals surface area contributed by atoms with Crippen LogP contribution in [0.25, 0.3) is 0 Å². The van der Waals surface area contributed by atoms with Crippen molar-refractivity contribution < 1.29 is 23.4 Å². The van der Waals surface area contributed by atoms with Crippen molar-refractivity contribution in [1.82, 2.24) is 9.03 Å². The highest BCUT2D eigenvalue weighted by atomic mass is 32.2. The number of nitrogens with one attached hydrogen (secondary N) is 1. The Morgan fingerprint density at radius 1 is 1.50 bits per heavy atom. The zero-order chi connectivity index (χ0) is 13.8. The molecule has 2 atom stereocenters. The molecule has 0 saturated carbocycles. The van der Waals surface area contributed by atoms with Crippen molar-refractivity contribution in [2.24, 2.45) is 0 Å². The number of hydrogen-bond donors (Lipinski definition) is 3. The molecule has 106 valence electrons. The van der Waals surface area contributed by atoms with E-state index in [-0.39, 0.29) is 13.2 Å². The molecule has 8 heteroatoms. The van der Waals surface area contributed by atoms with Gasteiger partial charge in [-0.2, -0.15) is 17.4 Å². The summed E-state index contributed by atoms with van der Waals surface area (Å²) in [5.74, 6) is -1.13. The highest BCUT2D eigenvalue weighted by Gasteiger charge is 2.37. The summed E-state index contributed by atoms with van der Waals surface area (Å²) in [6, 6.07) is -1.58. The van der Waals surface area contributed by atoms with Crippen LogP contribution in [0.15, 0.2) is 0 Å². The Bertz CT molecular complexity index is 380. The molecular weight excluding hydrogens is 260 g/mol. The number of piperidine rings is 1. The Balaban J connectivity index is 2.84. The summed E-state index contributed by atoms with van der Waals surface area (Å²) in [4.78, 5) is 11.1. The number of rotatable bonds is 6. The van der Waals surface area contributed by atoms with Crippen LogP contribution in [0.2, 0.25) is 0 Å². The molecule has 3 N–H and O–H groups in total. The fourth-order valence-electron chi connectivity index (χ4n) is 1.97. The van der Waals surface area contributed by atoms with Crippen LogP contribution in [0.1, 0.15) is 32.6 Å². The van der Waals surface area contributed by atoms with E-state index < -0.39 is 28.3 Å². The molecule has 0 amide bonds. The van der Waals surface area contributed by atoms with E-state index in [0.717, 1.165) is 4.31 Å². The van der Waals surface area contributed by atoms with E-state index in [1.54, 1.807) is 6.92 Å². The fourth-order valence-corrected chi connectivity index (χ4v) is 3.67. The second-order valence-electron chi connectivity index (χ2n) is 4.37. The Hall–Kier alpha value is -0.700. The minimum atomic E-state index is -3.86. The summed E-state index contributed by atoms with van der Waals surface area (Å²) in [6.45, 7) is 1.64. The predicted octanol–water partition coefficient (Wildman–Crippen LogP) is -0.469. The normalized spacial score (nSPS) is 23.8. The van der Waals surface area contributed by atoms with Gasteiger partial charge in [0.2, 0.25) is 0 Å². The molecule has 0 aromatic carbocycles. The van der Waals surface area contributed by atoms with Gasteiger partial charge in [0.25, 0.3) is 10.2 Å². The molecule has 1 fully saturated rings. The van der Waals surface area contributed by atoms with Gasteiger partial charge in [-0.3, -0.25) is 4.79 Å². The van der Waals surface area contributed by atoms with Gasteiger partial charge in [0.05, 0.1) is 6.61 Å². The maximum atomic E-state index is 12.1. The molecule has 0 aliphatic carbocycles. The number of carbonyl (C=O) groups is 1. The van der Waals surface area contributed by atoms with Crippen LogP contribution < -0.4 is 4.72 Å². The maximum Gasteiger partial charge on any atom is 0.322 e. The number of nitrogens with zero attached hydrogens (tertiary/aromatic N) is 1. The molecule has 1 aliphatic rings. The van der Waals surface area contributed by atoms with Gasteiger partial charge < -0.3 is 10.2 Å². The SMILES string of the molecule is CC[C@@H](CO)NS(=O)(=O)N1CCCCC1C(=O)O. The Labute approximate surface area is 107 Å². The first-order chi connectivity index (χ1) is 8.42. The third-order valence-electron chi connectivity index (χ3n) is 3.08. The minimum absolute atomic E-state index is 0.203. The van der Waals surface area contributed by atoms with Crippen molar-refractivity contribution in [2.45, 2.75) is 44.7 Å². The van der Waals surface area contributed by atoms with E-state index >= 15 is 0 Å². The quantitative estimate of drug-likeness (QED) is 0.610. The third-order valence-corrected chi connectivity index (χ3v) is 4.76. The van der Waals surface area contributed by atoms with E-state index in [1.165, 1.54) is 0 Å². The van der Waals surface area contributed by atoms with Crippen molar-refractivity contribution in [3.63, 3.8) is 0 Å². The van der Waals surface area contributed by atoms with Gasteiger partial charge in [0, 0.05) is 12.6 Å². The van der Waals surface area contributed by atoms with Gasteiger partial charge in [-0.05, 0) is 25.7 Å². The van der Waals surface area contributed by atoms with Crippen LogP contribution >= 0.6 is 0 Å². The van der Waals surface area contributed by atoms with E-state index in [9.17, 15) is 13.2 Å². The van der Waals surface area contributed by atoms with Gasteiger partial charge in [-0.1, -0.05) is 6.92 Å². The summed E-state index contributed by atoms with van der Waals surface area (Å²) < 4.78 is 27.5. The maximum absolute atomic E-state index is 12.1. The average molecular weight is 280 g/mol. The van der Waals surface area contributed by atoms with E-state index in [1.807, 2.05) is 0 Å². The second-order valence-corrected chi connectivity index (χ2v) is 6.03. The second kappa shape index (κ2) is 6.46. The number of aliphatic carboxylic acids is 1. The van der Waals surface area contributed by atoms with Crippen molar-refractivity contribution in [3.05, 3.63) is 0 Å². The van der Waals surface area contributed by atoms with Crippen molar-refractivity contribution >= 4 is 16.2 Å². The molecule has 18 heavy (non-hydrogen) atoms. The van der Waals surface area contributed by atoms with Crippen LogP contribution in [0.5, 0.6) is 0 Å². The monoisotopic (exact) mass is 280 g/mol. The highest BCUT2D eigenvalue weighted by Crippen LogP contribution is 2.20. The molecule has 0 spiro atoms. The largest absolute Gasteiger partial charge is 0.480 e. The van der Waals surface area contributed by atoms with E-state index in [0.29, 0.717) is 25.7 Å². The lowest BCUT2D eigenvalue weighted by atomic mass is 10.1. The molecule has 1 saturated heterocycles. The van der Waals surface area contributed by atoms with Crippen molar-refractivity contribution in [3.8, 4) is 0 Å². The predicted molar refractivity (Wildman–Crippen MR) is 65.2 cm³/mol. The topological polar surface area (TPSA) is 107 Å². The molecule has 0 aromatic heterocycles. The first kappa shape index (κ1) is 15.4. The molecule has 7 nitrogen and oxygen atoms in total. The number of carboxylic acid groups (broad SMARTS) is 1. The molecule has 1 unspecified atom stereocenters. The average Bonchev–Trinajstić information content (AvgIpc) is 2.36. The lowest BCUT2D eigenvalue weighted by Gasteiger charge is -2.32. The third kappa shape index (κ3) is 3.64. The van der Waals surface area contributed by atoms with E-state index in [2.05, 4.69) is 4.72 Å². The van der Waals surface area contributed by atoms with Crippen molar-refractivity contribution in [1.29, 1.82) is 0 Å². The highest BCUT2D eigenvalue weighted by molar-refractivity contribution is 7.87. The molecule has 0 bridgehead atoms. The first-order valence-electron chi connectivity index (χ1n) is 6.05. The summed E-state index contributed by atoms with van der Waals surface area (Å²) in [5.41, 5.74) is 0. The molecule has 1 rings (SSSR count). The summed E-state index contributed by atoms with van der Waals surface area (Å²) in [7, 11) is -3.86. The molecular formula is C10H20N2O5S. The standard InChI is InChI=1S/C10H20N2O5S/c1-2-8(7-13)11-18(16,17)12-6-4-3-5-9(12)10(14)15/h8-9,11,13H,2-7H2,1H3,(H,14,15)/t8-,9?/m0/s1. The van der Waals surface area contributed by atoms with Crippen LogP contribution in [0.3, 0.4) is 0 Å². The lowest BCUT2D eigenvalue weighted by molar-refractivity contribution is -0.142. The summed E-state index contributed by atoms with van der Waals surface area (Å²) >= 11 is 0. The van der Waals surface area contributed by atoms with Gasteiger partial charge in [0.15, 0.2) is 0 Å². The molecule has 1 heterocycles. The zero-order valence-corrected chi connectivity index (χ0v) is 11.2. The van der Waals surface area contributed by atoms with Crippen molar-refractivity contribution in [2.75, 3.05) is 13.2 Å². The van der Waals surface area contributed by atoms with Crippen LogP contribution in [-0.4, -0.2) is 54.1 Å². The van der Waals surface area contributed by atoms with Crippen LogP contribution in [-0.2, 0) is 15.0 Å². The van der Waals surface area contributed by atoms with Crippen LogP contribution in [0, 0.1) is 0 Å². The van der Waals surface area contributed by atoms with Gasteiger partial charge in [-0.25, -0.2) is 0 Å². The van der Waals surface area contributed by atoms with Gasteiger partial charge >= 0.3 is 5.97 Å². The first-order valence-corrected chi connectivity index (χ1v) is 7.49. The summed E-state index contributed by atoms with van der Waals surface area (Å²) in [6.07, 6.45) is 2.13. The Kier molecular flexibility index (Phi) is 5.51. The smallest absolute Gasteiger partial charge is 0.322 e. The van der Waals surface area contributed by atoms with Crippen LogP contribution in [0.4, 0.5) is 0 Å². The molecule has 0 aromatic rings. The summed E-state index contributed by atoms with van der Waals surface area (Å²) in [5, 5.41) is 18.0. The number of aliphatic hydroxyl groups is 1. The number of carboxylic acids is 1.